The van der Waals surface area contributed by atoms with Crippen molar-refractivity contribution in [2.24, 2.45) is 0 Å². The third kappa shape index (κ3) is 2.33. The third-order valence-electron chi connectivity index (χ3n) is 3.21. The van der Waals surface area contributed by atoms with Crippen LogP contribution in [0.3, 0.4) is 0 Å². The molecule has 1 atom stereocenters. The van der Waals surface area contributed by atoms with Gasteiger partial charge >= 0.3 is 12.1 Å². The van der Waals surface area contributed by atoms with Crippen molar-refractivity contribution in [2.75, 3.05) is 6.54 Å². The largest absolute Gasteiger partial charge is 0.481 e. The Hall–Kier alpha value is -1.56. The molecular formula is C12H12F3NO2. The van der Waals surface area contributed by atoms with Gasteiger partial charge in [0.15, 0.2) is 0 Å². The first-order valence-electron chi connectivity index (χ1n) is 5.48. The van der Waals surface area contributed by atoms with Crippen molar-refractivity contribution in [2.45, 2.75) is 24.6 Å². The first-order valence-corrected chi connectivity index (χ1v) is 5.48. The summed E-state index contributed by atoms with van der Waals surface area (Å²) >= 11 is 0. The second kappa shape index (κ2) is 4.28. The highest BCUT2D eigenvalue weighted by Crippen LogP contribution is 2.37. The number of halogens is 3. The molecule has 0 spiro atoms. The van der Waals surface area contributed by atoms with Crippen LogP contribution in [0.4, 0.5) is 13.2 Å². The van der Waals surface area contributed by atoms with Gasteiger partial charge in [0, 0.05) is 0 Å². The van der Waals surface area contributed by atoms with Crippen molar-refractivity contribution < 1.29 is 23.1 Å². The van der Waals surface area contributed by atoms with E-state index in [-0.39, 0.29) is 6.42 Å². The minimum Gasteiger partial charge on any atom is -0.481 e. The van der Waals surface area contributed by atoms with Gasteiger partial charge in [-0.1, -0.05) is 12.1 Å². The van der Waals surface area contributed by atoms with Crippen LogP contribution in [0.25, 0.3) is 0 Å². The molecule has 1 aliphatic rings. The Morgan fingerprint density at radius 2 is 2.11 bits per heavy atom. The molecule has 98 valence electrons. The molecular weight excluding hydrogens is 247 g/mol. The Morgan fingerprint density at radius 3 is 2.56 bits per heavy atom. The number of carboxylic acids is 1. The number of nitrogens with one attached hydrogen (secondary N) is 1. The van der Waals surface area contributed by atoms with E-state index in [0.29, 0.717) is 18.5 Å². The molecule has 1 saturated heterocycles. The van der Waals surface area contributed by atoms with Crippen LogP contribution >= 0.6 is 0 Å². The average molecular weight is 259 g/mol. The molecule has 2 rings (SSSR count). The normalized spacial score (nSPS) is 23.5. The van der Waals surface area contributed by atoms with Crippen LogP contribution in [-0.4, -0.2) is 17.6 Å². The van der Waals surface area contributed by atoms with E-state index >= 15 is 0 Å². The molecule has 1 fully saturated rings. The molecule has 0 amide bonds. The predicted molar refractivity (Wildman–Crippen MR) is 58.0 cm³/mol. The first-order chi connectivity index (χ1) is 8.33. The molecule has 0 aromatic heterocycles. The summed E-state index contributed by atoms with van der Waals surface area (Å²) in [5.74, 6) is -1.03. The van der Waals surface area contributed by atoms with Crippen molar-refractivity contribution in [1.82, 2.24) is 5.32 Å². The molecule has 1 aromatic carbocycles. The van der Waals surface area contributed by atoms with Crippen molar-refractivity contribution >= 4 is 5.97 Å². The van der Waals surface area contributed by atoms with Crippen LogP contribution in [0.5, 0.6) is 0 Å². The van der Waals surface area contributed by atoms with E-state index in [2.05, 4.69) is 5.32 Å². The maximum absolute atomic E-state index is 12.6. The minimum absolute atomic E-state index is 0.214. The second-order valence-corrected chi connectivity index (χ2v) is 4.41. The van der Waals surface area contributed by atoms with Crippen molar-refractivity contribution in [3.05, 3.63) is 35.4 Å². The summed E-state index contributed by atoms with van der Waals surface area (Å²) in [7, 11) is 0. The lowest BCUT2D eigenvalue weighted by molar-refractivity contribution is -0.139. The number of aliphatic carboxylic acids is 1. The SMILES string of the molecule is O=C(O)CC1(c2cccc(C(F)(F)F)c2)CCN1. The molecule has 3 nitrogen and oxygen atoms in total. The molecule has 1 heterocycles. The zero-order valence-corrected chi connectivity index (χ0v) is 9.42. The maximum atomic E-state index is 12.6. The monoisotopic (exact) mass is 259 g/mol. The molecule has 0 aliphatic carbocycles. The fraction of sp³-hybridized carbons (Fsp3) is 0.417. The van der Waals surface area contributed by atoms with Crippen LogP contribution < -0.4 is 5.32 Å². The van der Waals surface area contributed by atoms with E-state index < -0.39 is 23.2 Å². The summed E-state index contributed by atoms with van der Waals surface area (Å²) in [5.41, 5.74) is -1.22. The Morgan fingerprint density at radius 1 is 1.44 bits per heavy atom. The third-order valence-corrected chi connectivity index (χ3v) is 3.21. The Kier molecular flexibility index (Phi) is 3.06. The van der Waals surface area contributed by atoms with Crippen molar-refractivity contribution in [1.29, 1.82) is 0 Å². The lowest BCUT2D eigenvalue weighted by Crippen LogP contribution is -2.55. The fourth-order valence-electron chi connectivity index (χ4n) is 2.18. The highest BCUT2D eigenvalue weighted by atomic mass is 19.4. The van der Waals surface area contributed by atoms with E-state index in [0.717, 1.165) is 12.1 Å². The van der Waals surface area contributed by atoms with E-state index in [1.807, 2.05) is 0 Å². The minimum atomic E-state index is -4.41. The topological polar surface area (TPSA) is 49.3 Å². The number of alkyl halides is 3. The summed E-state index contributed by atoms with van der Waals surface area (Å²) in [6.45, 7) is 0.615. The van der Waals surface area contributed by atoms with Gasteiger partial charge in [-0.2, -0.15) is 13.2 Å². The molecule has 1 aromatic rings. The lowest BCUT2D eigenvalue weighted by atomic mass is 9.77. The molecule has 6 heteroatoms. The zero-order valence-electron chi connectivity index (χ0n) is 9.42. The number of hydrogen-bond donors (Lipinski definition) is 2. The van der Waals surface area contributed by atoms with Crippen LogP contribution in [0.1, 0.15) is 24.0 Å². The molecule has 1 aliphatic heterocycles. The molecule has 0 saturated carbocycles. The number of benzene rings is 1. The Labute approximate surface area is 102 Å². The predicted octanol–water partition coefficient (Wildman–Crippen LogP) is 2.37. The van der Waals surface area contributed by atoms with Gasteiger partial charge in [0.1, 0.15) is 0 Å². The highest BCUT2D eigenvalue weighted by molar-refractivity contribution is 5.69. The average Bonchev–Trinajstić information content (AvgIpc) is 2.22. The first kappa shape index (κ1) is 12.9. The van der Waals surface area contributed by atoms with Crippen LogP contribution in [0.2, 0.25) is 0 Å². The number of hydrogen-bond acceptors (Lipinski definition) is 2. The molecule has 0 radical (unpaired) electrons. The van der Waals surface area contributed by atoms with E-state index in [1.54, 1.807) is 0 Å². The molecule has 1 unspecified atom stereocenters. The number of carboxylic acid groups (broad SMARTS) is 1. The quantitative estimate of drug-likeness (QED) is 0.876. The summed E-state index contributed by atoms with van der Waals surface area (Å²) < 4.78 is 37.8. The standard InChI is InChI=1S/C12H12F3NO2/c13-12(14,15)9-3-1-2-8(6-9)11(4-5-16-11)7-10(17)18/h1-3,6,16H,4-5,7H2,(H,17,18). The number of carbonyl (C=O) groups is 1. The fourth-order valence-corrected chi connectivity index (χ4v) is 2.18. The maximum Gasteiger partial charge on any atom is 0.416 e. The van der Waals surface area contributed by atoms with Crippen LogP contribution in [0, 0.1) is 0 Å². The van der Waals surface area contributed by atoms with E-state index in [4.69, 9.17) is 5.11 Å². The Balaban J connectivity index is 2.35. The Bertz CT molecular complexity index is 467. The smallest absolute Gasteiger partial charge is 0.416 e. The van der Waals surface area contributed by atoms with Gasteiger partial charge in [-0.3, -0.25) is 4.79 Å². The highest BCUT2D eigenvalue weighted by Gasteiger charge is 2.41. The van der Waals surface area contributed by atoms with Gasteiger partial charge in [0.2, 0.25) is 0 Å². The van der Waals surface area contributed by atoms with Gasteiger partial charge in [-0.15, -0.1) is 0 Å². The molecule has 18 heavy (non-hydrogen) atoms. The molecule has 2 N–H and O–H groups in total. The summed E-state index contributed by atoms with van der Waals surface area (Å²) in [6, 6.07) is 4.85. The van der Waals surface area contributed by atoms with Gasteiger partial charge in [0.25, 0.3) is 0 Å². The second-order valence-electron chi connectivity index (χ2n) is 4.41. The van der Waals surface area contributed by atoms with Crippen LogP contribution in [0.15, 0.2) is 24.3 Å². The van der Waals surface area contributed by atoms with Gasteiger partial charge in [-0.05, 0) is 30.7 Å². The van der Waals surface area contributed by atoms with Crippen LogP contribution in [-0.2, 0) is 16.5 Å². The summed E-state index contributed by atoms with van der Waals surface area (Å²) in [6.07, 6.45) is -4.10. The van der Waals surface area contributed by atoms with Crippen molar-refractivity contribution in [3.63, 3.8) is 0 Å². The van der Waals surface area contributed by atoms with E-state index in [1.165, 1.54) is 12.1 Å². The van der Waals surface area contributed by atoms with Gasteiger partial charge < -0.3 is 10.4 Å². The molecule has 0 bridgehead atoms. The zero-order chi connectivity index (χ0) is 13.4. The van der Waals surface area contributed by atoms with Gasteiger partial charge in [-0.25, -0.2) is 0 Å². The summed E-state index contributed by atoms with van der Waals surface area (Å²) in [4.78, 5) is 10.8. The summed E-state index contributed by atoms with van der Waals surface area (Å²) in [5, 5.41) is 11.8. The van der Waals surface area contributed by atoms with Crippen molar-refractivity contribution in [3.8, 4) is 0 Å². The van der Waals surface area contributed by atoms with E-state index in [9.17, 15) is 18.0 Å². The lowest BCUT2D eigenvalue weighted by Gasteiger charge is -2.43. The van der Waals surface area contributed by atoms with Gasteiger partial charge in [0.05, 0.1) is 17.5 Å². The number of rotatable bonds is 3.